The summed E-state index contributed by atoms with van der Waals surface area (Å²) < 4.78 is 15.2. The van der Waals surface area contributed by atoms with Crippen LogP contribution in [0.3, 0.4) is 0 Å². The van der Waals surface area contributed by atoms with Crippen molar-refractivity contribution in [3.63, 3.8) is 0 Å². The number of carbonyl (C=O) groups excluding carboxylic acids is 2. The van der Waals surface area contributed by atoms with Gasteiger partial charge in [0, 0.05) is 55.8 Å². The van der Waals surface area contributed by atoms with Crippen molar-refractivity contribution in [2.24, 2.45) is 29.6 Å². The summed E-state index contributed by atoms with van der Waals surface area (Å²) in [6.07, 6.45) is 2.31. The Morgan fingerprint density at radius 2 is 1.76 bits per heavy atom. The van der Waals surface area contributed by atoms with E-state index in [0.29, 0.717) is 30.6 Å². The predicted octanol–water partition coefficient (Wildman–Crippen LogP) is 3.48. The fraction of sp³-hybridized carbons (Fsp3) is 0.875. The van der Waals surface area contributed by atoms with Crippen LogP contribution in [0.25, 0.3) is 0 Å². The Balaban J connectivity index is 1.59. The minimum absolute atomic E-state index is 0.00151. The van der Waals surface area contributed by atoms with Crippen LogP contribution in [0.4, 0.5) is 4.39 Å². The number of halogens is 3. The highest BCUT2D eigenvalue weighted by Gasteiger charge is 2.52. The normalized spacial score (nSPS) is 35.4. The lowest BCUT2D eigenvalue weighted by Crippen LogP contribution is -2.60. The molecule has 0 amide bonds. The van der Waals surface area contributed by atoms with Crippen LogP contribution >= 0.6 is 23.2 Å². The molecule has 188 valence electrons. The number of likely N-dealkylation sites (tertiary alicyclic amines) is 1. The van der Waals surface area contributed by atoms with Crippen LogP contribution in [-0.2, 0) is 14.4 Å². The number of Topliss-reactive ketones (excluding diaryl/α,β-unsaturated/α-hetero) is 2. The minimum Gasteiger partial charge on any atom is -0.481 e. The molecule has 3 fully saturated rings. The molecular weight excluding hydrogens is 470 g/mol. The van der Waals surface area contributed by atoms with Gasteiger partial charge in [-0.3, -0.25) is 19.3 Å². The number of alkyl halides is 3. The second-order valence-electron chi connectivity index (χ2n) is 9.95. The zero-order chi connectivity index (χ0) is 24.1. The molecule has 0 aromatic rings. The number of hydrogen-bond donors (Lipinski definition) is 1. The minimum atomic E-state index is -1.38. The molecule has 1 aliphatic heterocycles. The molecule has 1 saturated heterocycles. The molecule has 0 aromatic heterocycles. The standard InChI is InChI=1S/C24H37Cl2FN2O4/c1-2-29-14-19(24(32)33)23(31)18-11-20(27)17(12-21(18)29)22(30)16-5-3-15(4-6-16)13-28(9-7-25)10-8-26/h15-21H,2-14H2,1H3,(H,32,33). The fourth-order valence-corrected chi connectivity index (χ4v) is 6.73. The van der Waals surface area contributed by atoms with E-state index in [2.05, 4.69) is 4.90 Å². The number of carbonyl (C=O) groups is 3. The van der Waals surface area contributed by atoms with Gasteiger partial charge in [-0.05, 0) is 51.0 Å². The molecule has 2 saturated carbocycles. The Kier molecular flexibility index (Phi) is 9.98. The highest BCUT2D eigenvalue weighted by molar-refractivity contribution is 6.18. The first kappa shape index (κ1) is 26.8. The molecule has 1 heterocycles. The largest absolute Gasteiger partial charge is 0.481 e. The Morgan fingerprint density at radius 3 is 2.30 bits per heavy atom. The molecule has 5 atom stereocenters. The maximum atomic E-state index is 15.2. The van der Waals surface area contributed by atoms with Crippen molar-refractivity contribution in [3.05, 3.63) is 0 Å². The summed E-state index contributed by atoms with van der Waals surface area (Å²) in [4.78, 5) is 41.8. The third kappa shape index (κ3) is 6.28. The van der Waals surface area contributed by atoms with Crippen molar-refractivity contribution < 1.29 is 23.9 Å². The molecular formula is C24H37Cl2FN2O4. The smallest absolute Gasteiger partial charge is 0.315 e. The molecule has 0 bridgehead atoms. The molecule has 3 rings (SSSR count). The van der Waals surface area contributed by atoms with Crippen molar-refractivity contribution in [2.75, 3.05) is 44.5 Å². The number of rotatable bonds is 10. The van der Waals surface area contributed by atoms with Crippen molar-refractivity contribution >= 4 is 40.7 Å². The van der Waals surface area contributed by atoms with Crippen LogP contribution in [0, 0.1) is 29.6 Å². The van der Waals surface area contributed by atoms with E-state index in [1.807, 2.05) is 11.8 Å². The van der Waals surface area contributed by atoms with Crippen molar-refractivity contribution in [1.82, 2.24) is 9.80 Å². The highest BCUT2D eigenvalue weighted by Crippen LogP contribution is 2.42. The lowest BCUT2D eigenvalue weighted by Gasteiger charge is -2.48. The van der Waals surface area contributed by atoms with Crippen LogP contribution in [-0.4, -0.2) is 89.1 Å². The highest BCUT2D eigenvalue weighted by atomic mass is 35.5. The Morgan fingerprint density at radius 1 is 1.12 bits per heavy atom. The van der Waals surface area contributed by atoms with Crippen LogP contribution in [0.1, 0.15) is 45.4 Å². The topological polar surface area (TPSA) is 77.9 Å². The number of ketones is 2. The average Bonchev–Trinajstić information content (AvgIpc) is 2.79. The Bertz CT molecular complexity index is 698. The maximum Gasteiger partial charge on any atom is 0.315 e. The van der Waals surface area contributed by atoms with E-state index >= 15 is 4.39 Å². The predicted molar refractivity (Wildman–Crippen MR) is 127 cm³/mol. The van der Waals surface area contributed by atoms with E-state index in [4.69, 9.17) is 23.2 Å². The van der Waals surface area contributed by atoms with Gasteiger partial charge in [0.1, 0.15) is 17.9 Å². The van der Waals surface area contributed by atoms with Gasteiger partial charge in [-0.15, -0.1) is 23.2 Å². The van der Waals surface area contributed by atoms with Crippen molar-refractivity contribution in [2.45, 2.75) is 57.7 Å². The number of carboxylic acid groups (broad SMARTS) is 1. The van der Waals surface area contributed by atoms with Gasteiger partial charge in [-0.1, -0.05) is 6.92 Å². The molecule has 0 spiro atoms. The summed E-state index contributed by atoms with van der Waals surface area (Å²) in [6.45, 7) is 5.19. The first-order chi connectivity index (χ1) is 15.8. The maximum absolute atomic E-state index is 15.2. The van der Waals surface area contributed by atoms with Gasteiger partial charge in [0.05, 0.1) is 5.92 Å². The number of fused-ring (bicyclic) bond motifs is 1. The van der Waals surface area contributed by atoms with Gasteiger partial charge in [-0.25, -0.2) is 4.39 Å². The molecule has 1 N–H and O–H groups in total. The molecule has 6 nitrogen and oxygen atoms in total. The second kappa shape index (κ2) is 12.3. The lowest BCUT2D eigenvalue weighted by molar-refractivity contribution is -0.157. The molecule has 5 unspecified atom stereocenters. The van der Waals surface area contributed by atoms with Crippen molar-refractivity contribution in [3.8, 4) is 0 Å². The van der Waals surface area contributed by atoms with E-state index in [0.717, 1.165) is 45.3 Å². The van der Waals surface area contributed by atoms with Crippen LogP contribution < -0.4 is 0 Å². The Labute approximate surface area is 206 Å². The monoisotopic (exact) mass is 506 g/mol. The molecule has 2 aliphatic carbocycles. The number of hydrogen-bond acceptors (Lipinski definition) is 5. The van der Waals surface area contributed by atoms with Gasteiger partial charge < -0.3 is 10.0 Å². The summed E-state index contributed by atoms with van der Waals surface area (Å²) in [5.74, 6) is -2.44. The van der Waals surface area contributed by atoms with E-state index in [9.17, 15) is 19.5 Å². The fourth-order valence-electron chi connectivity index (χ4n) is 6.25. The van der Waals surface area contributed by atoms with Crippen LogP contribution in [0.5, 0.6) is 0 Å². The summed E-state index contributed by atoms with van der Waals surface area (Å²) >= 11 is 11.8. The van der Waals surface area contributed by atoms with Gasteiger partial charge in [0.25, 0.3) is 0 Å². The summed E-state index contributed by atoms with van der Waals surface area (Å²) in [5, 5.41) is 9.41. The number of piperidine rings is 1. The van der Waals surface area contributed by atoms with E-state index in [1.54, 1.807) is 0 Å². The van der Waals surface area contributed by atoms with E-state index < -0.39 is 29.9 Å². The van der Waals surface area contributed by atoms with Gasteiger partial charge >= 0.3 is 5.97 Å². The second-order valence-corrected chi connectivity index (χ2v) is 10.7. The molecule has 0 aromatic carbocycles. The van der Waals surface area contributed by atoms with E-state index in [-0.39, 0.29) is 36.5 Å². The number of nitrogens with zero attached hydrogens (tertiary/aromatic N) is 2. The first-order valence-corrected chi connectivity index (χ1v) is 13.4. The number of carboxylic acids is 1. The molecule has 9 heteroatoms. The van der Waals surface area contributed by atoms with Crippen LogP contribution in [0.15, 0.2) is 0 Å². The zero-order valence-corrected chi connectivity index (χ0v) is 20.9. The third-order valence-corrected chi connectivity index (χ3v) is 8.45. The molecule has 33 heavy (non-hydrogen) atoms. The summed E-state index contributed by atoms with van der Waals surface area (Å²) in [6, 6.07) is -0.241. The summed E-state index contributed by atoms with van der Waals surface area (Å²) in [7, 11) is 0. The van der Waals surface area contributed by atoms with E-state index in [1.165, 1.54) is 0 Å². The van der Waals surface area contributed by atoms with Gasteiger partial charge in [0.15, 0.2) is 5.78 Å². The SMILES string of the molecule is CCN1CC(C(=O)O)C(=O)C2CC(F)C(C(=O)C3CCC(CN(CCCl)CCCl)CC3)CC21. The molecule has 0 radical (unpaired) electrons. The quantitative estimate of drug-likeness (QED) is 0.361. The zero-order valence-electron chi connectivity index (χ0n) is 19.4. The third-order valence-electron chi connectivity index (χ3n) is 8.11. The van der Waals surface area contributed by atoms with Gasteiger partial charge in [-0.2, -0.15) is 0 Å². The van der Waals surface area contributed by atoms with Gasteiger partial charge in [0.2, 0.25) is 0 Å². The van der Waals surface area contributed by atoms with Crippen LogP contribution in [0.2, 0.25) is 0 Å². The first-order valence-electron chi connectivity index (χ1n) is 12.3. The Hall–Kier alpha value is -0.760. The van der Waals surface area contributed by atoms with Crippen molar-refractivity contribution in [1.29, 1.82) is 0 Å². The molecule has 3 aliphatic rings. The number of aliphatic carboxylic acids is 1. The summed E-state index contributed by atoms with van der Waals surface area (Å²) in [5.41, 5.74) is 0. The lowest BCUT2D eigenvalue weighted by atomic mass is 9.66. The average molecular weight is 507 g/mol.